The van der Waals surface area contributed by atoms with Crippen LogP contribution in [0.4, 0.5) is 13.2 Å². The van der Waals surface area contributed by atoms with E-state index in [1.165, 1.54) is 4.90 Å². The molecule has 3 rings (SSSR count). The second-order valence-corrected chi connectivity index (χ2v) is 6.07. The summed E-state index contributed by atoms with van der Waals surface area (Å²) in [6.45, 7) is 4.52. The fraction of sp³-hybridized carbons (Fsp3) is 0.412. The second-order valence-electron chi connectivity index (χ2n) is 6.07. The Kier molecular flexibility index (Phi) is 5.08. The molecule has 134 valence electrons. The minimum atomic E-state index is -1.62. The van der Waals surface area contributed by atoms with Crippen molar-refractivity contribution in [1.29, 1.82) is 0 Å². The van der Waals surface area contributed by atoms with Gasteiger partial charge in [-0.15, -0.1) is 0 Å². The van der Waals surface area contributed by atoms with Gasteiger partial charge in [0.05, 0.1) is 11.3 Å². The molecule has 0 radical (unpaired) electrons. The van der Waals surface area contributed by atoms with Crippen LogP contribution < -0.4 is 0 Å². The van der Waals surface area contributed by atoms with Gasteiger partial charge in [-0.2, -0.15) is 0 Å². The number of carbonyl (C=O) groups is 1. The van der Waals surface area contributed by atoms with E-state index in [4.69, 9.17) is 4.52 Å². The number of rotatable bonds is 3. The smallest absolute Gasteiger partial charge is 0.256 e. The number of halogens is 3. The highest BCUT2D eigenvalue weighted by Gasteiger charge is 2.25. The first-order chi connectivity index (χ1) is 12.0. The van der Waals surface area contributed by atoms with Gasteiger partial charge in [-0.1, -0.05) is 5.16 Å². The molecule has 0 unspecified atom stereocenters. The highest BCUT2D eigenvalue weighted by atomic mass is 19.2. The van der Waals surface area contributed by atoms with Gasteiger partial charge in [-0.25, -0.2) is 13.2 Å². The Morgan fingerprint density at radius 3 is 2.68 bits per heavy atom. The molecule has 0 aliphatic carbocycles. The number of aromatic nitrogens is 1. The number of carbonyl (C=O) groups excluding carboxylic acids is 1. The first-order valence-electron chi connectivity index (χ1n) is 8.03. The van der Waals surface area contributed by atoms with Crippen LogP contribution in [-0.2, 0) is 6.54 Å². The number of amides is 1. The predicted octanol–water partition coefficient (Wildman–Crippen LogP) is 2.75. The fourth-order valence-electron chi connectivity index (χ4n) is 2.92. The molecule has 5 nitrogen and oxygen atoms in total. The summed E-state index contributed by atoms with van der Waals surface area (Å²) >= 11 is 0. The van der Waals surface area contributed by atoms with E-state index in [-0.39, 0.29) is 0 Å². The van der Waals surface area contributed by atoms with Gasteiger partial charge < -0.3 is 9.42 Å². The number of benzene rings is 1. The molecule has 1 aromatic carbocycles. The molecule has 8 heteroatoms. The topological polar surface area (TPSA) is 49.6 Å². The molecule has 0 N–H and O–H groups in total. The van der Waals surface area contributed by atoms with Crippen molar-refractivity contribution < 1.29 is 22.5 Å². The maximum absolute atomic E-state index is 13.8. The van der Waals surface area contributed by atoms with E-state index in [1.54, 1.807) is 0 Å². The number of nitrogens with zero attached hydrogens (tertiary/aromatic N) is 3. The van der Waals surface area contributed by atoms with Gasteiger partial charge in [0, 0.05) is 38.8 Å². The van der Waals surface area contributed by atoms with Crippen molar-refractivity contribution in [2.24, 2.45) is 0 Å². The van der Waals surface area contributed by atoms with Crippen LogP contribution in [0, 0.1) is 24.4 Å². The van der Waals surface area contributed by atoms with Crippen molar-refractivity contribution in [3.63, 3.8) is 0 Å². The molecule has 2 aromatic rings. The molecule has 2 heterocycles. The van der Waals surface area contributed by atoms with E-state index in [0.29, 0.717) is 32.6 Å². The first kappa shape index (κ1) is 17.5. The van der Waals surface area contributed by atoms with Crippen LogP contribution in [0.3, 0.4) is 0 Å². The Bertz CT molecular complexity index is 778. The lowest BCUT2D eigenvalue weighted by Gasteiger charge is -2.21. The lowest BCUT2D eigenvalue weighted by atomic mass is 10.1. The molecular formula is C17H18F3N3O2. The molecule has 1 aliphatic rings. The SMILES string of the molecule is Cc1cc(CN2CCCN(C(=O)c3ccc(F)c(F)c3F)CC2)no1. The molecule has 25 heavy (non-hydrogen) atoms. The van der Waals surface area contributed by atoms with Crippen LogP contribution in [0.25, 0.3) is 0 Å². The number of aryl methyl sites for hydroxylation is 1. The third-order valence-corrected chi connectivity index (χ3v) is 4.20. The van der Waals surface area contributed by atoms with Crippen LogP contribution in [-0.4, -0.2) is 47.0 Å². The third kappa shape index (κ3) is 3.84. The number of hydrogen-bond acceptors (Lipinski definition) is 4. The Hall–Kier alpha value is -2.35. The van der Waals surface area contributed by atoms with Gasteiger partial charge in [0.25, 0.3) is 5.91 Å². The van der Waals surface area contributed by atoms with Crippen LogP contribution >= 0.6 is 0 Å². The summed E-state index contributed by atoms with van der Waals surface area (Å²) in [4.78, 5) is 16.0. The average molecular weight is 353 g/mol. The zero-order valence-corrected chi connectivity index (χ0v) is 13.8. The summed E-state index contributed by atoms with van der Waals surface area (Å²) in [6.07, 6.45) is 0.688. The zero-order chi connectivity index (χ0) is 18.0. The Labute approximate surface area is 143 Å². The molecular weight excluding hydrogens is 335 g/mol. The van der Waals surface area contributed by atoms with E-state index in [2.05, 4.69) is 10.1 Å². The first-order valence-corrected chi connectivity index (χ1v) is 8.03. The highest BCUT2D eigenvalue weighted by Crippen LogP contribution is 2.18. The maximum Gasteiger partial charge on any atom is 0.256 e. The molecule has 1 saturated heterocycles. The molecule has 1 aliphatic heterocycles. The summed E-state index contributed by atoms with van der Waals surface area (Å²) in [5.41, 5.74) is 0.364. The van der Waals surface area contributed by atoms with Crippen molar-refractivity contribution in [2.75, 3.05) is 26.2 Å². The standard InChI is InChI=1S/C17H18F3N3O2/c1-11-9-12(21-25-11)10-22-5-2-6-23(8-7-22)17(24)13-3-4-14(18)16(20)15(13)19/h3-4,9H,2,5-8,10H2,1H3. The van der Waals surface area contributed by atoms with E-state index in [9.17, 15) is 18.0 Å². The van der Waals surface area contributed by atoms with Crippen molar-refractivity contribution in [3.05, 3.63) is 52.7 Å². The maximum atomic E-state index is 13.8. The minimum absolute atomic E-state index is 0.369. The molecule has 0 bridgehead atoms. The molecule has 0 spiro atoms. The second kappa shape index (κ2) is 7.26. The predicted molar refractivity (Wildman–Crippen MR) is 83.4 cm³/mol. The van der Waals surface area contributed by atoms with E-state index < -0.39 is 28.9 Å². The minimum Gasteiger partial charge on any atom is -0.361 e. The van der Waals surface area contributed by atoms with Gasteiger partial charge in [-0.05, 0) is 25.5 Å². The molecule has 0 saturated carbocycles. The Balaban J connectivity index is 1.66. The van der Waals surface area contributed by atoms with Crippen molar-refractivity contribution in [1.82, 2.24) is 15.0 Å². The lowest BCUT2D eigenvalue weighted by molar-refractivity contribution is 0.0755. The van der Waals surface area contributed by atoms with Gasteiger partial charge in [-0.3, -0.25) is 9.69 Å². The normalized spacial score (nSPS) is 16.1. The fourth-order valence-corrected chi connectivity index (χ4v) is 2.92. The monoisotopic (exact) mass is 353 g/mol. The average Bonchev–Trinajstić information content (AvgIpc) is 2.85. The Morgan fingerprint density at radius 1 is 1.16 bits per heavy atom. The largest absolute Gasteiger partial charge is 0.361 e. The lowest BCUT2D eigenvalue weighted by Crippen LogP contribution is -2.35. The van der Waals surface area contributed by atoms with Gasteiger partial charge in [0.2, 0.25) is 0 Å². The summed E-state index contributed by atoms with van der Waals surface area (Å²) in [5, 5.41) is 3.95. The van der Waals surface area contributed by atoms with Crippen molar-refractivity contribution >= 4 is 5.91 Å². The van der Waals surface area contributed by atoms with Crippen LogP contribution in [0.15, 0.2) is 22.7 Å². The van der Waals surface area contributed by atoms with E-state index in [1.807, 2.05) is 13.0 Å². The van der Waals surface area contributed by atoms with E-state index in [0.717, 1.165) is 30.1 Å². The molecule has 0 atom stereocenters. The van der Waals surface area contributed by atoms with Gasteiger partial charge in [0.15, 0.2) is 17.5 Å². The third-order valence-electron chi connectivity index (χ3n) is 4.20. The number of hydrogen-bond donors (Lipinski definition) is 0. The van der Waals surface area contributed by atoms with Crippen molar-refractivity contribution in [2.45, 2.75) is 19.9 Å². The quantitative estimate of drug-likeness (QED) is 0.796. The van der Waals surface area contributed by atoms with Crippen LogP contribution in [0.5, 0.6) is 0 Å². The molecule has 1 amide bonds. The summed E-state index contributed by atoms with van der Waals surface area (Å²) in [7, 11) is 0. The molecule has 1 fully saturated rings. The Morgan fingerprint density at radius 2 is 1.96 bits per heavy atom. The zero-order valence-electron chi connectivity index (χ0n) is 13.8. The van der Waals surface area contributed by atoms with Gasteiger partial charge in [0.1, 0.15) is 5.76 Å². The van der Waals surface area contributed by atoms with Crippen LogP contribution in [0.1, 0.15) is 28.2 Å². The van der Waals surface area contributed by atoms with Crippen LogP contribution in [0.2, 0.25) is 0 Å². The summed E-state index contributed by atoms with van der Waals surface area (Å²) < 4.78 is 45.3. The van der Waals surface area contributed by atoms with Crippen molar-refractivity contribution in [3.8, 4) is 0 Å². The van der Waals surface area contributed by atoms with E-state index >= 15 is 0 Å². The summed E-state index contributed by atoms with van der Waals surface area (Å²) in [5.74, 6) is -4.27. The van der Waals surface area contributed by atoms with Gasteiger partial charge >= 0.3 is 0 Å². The highest BCUT2D eigenvalue weighted by molar-refractivity contribution is 5.94. The molecule has 1 aromatic heterocycles. The summed E-state index contributed by atoms with van der Waals surface area (Å²) in [6, 6.07) is 3.60.